The predicted octanol–water partition coefficient (Wildman–Crippen LogP) is 0.995. The molecule has 0 bridgehead atoms. The fraction of sp³-hybridized carbons (Fsp3) is 0.200. The van der Waals surface area contributed by atoms with Gasteiger partial charge in [0.1, 0.15) is 5.75 Å². The van der Waals surface area contributed by atoms with Gasteiger partial charge in [-0.1, -0.05) is 33.2 Å². The third-order valence-electron chi connectivity index (χ3n) is 1.90. The first-order chi connectivity index (χ1) is 8.16. The average molecular weight is 233 g/mol. The first-order valence-corrected chi connectivity index (χ1v) is 4.91. The summed E-state index contributed by atoms with van der Waals surface area (Å²) in [7, 11) is 3.20. The Kier molecular flexibility index (Phi) is 2.99. The van der Waals surface area contributed by atoms with Crippen molar-refractivity contribution in [2.24, 2.45) is 0 Å². The molecular formula is C10H11N5O2. The van der Waals surface area contributed by atoms with Gasteiger partial charge < -0.3 is 9.64 Å². The number of rotatable bonds is 2. The molecule has 0 unspecified atom stereocenters. The van der Waals surface area contributed by atoms with Gasteiger partial charge in [-0.05, 0) is 17.3 Å². The van der Waals surface area contributed by atoms with Crippen LogP contribution in [0, 0.1) is 0 Å². The number of para-hydroxylation sites is 1. The lowest BCUT2D eigenvalue weighted by Crippen LogP contribution is -2.29. The van der Waals surface area contributed by atoms with Crippen LogP contribution in [-0.4, -0.2) is 45.2 Å². The monoisotopic (exact) mass is 233 g/mol. The van der Waals surface area contributed by atoms with Crippen LogP contribution in [-0.2, 0) is 0 Å². The maximum atomic E-state index is 11.5. The van der Waals surface area contributed by atoms with E-state index in [1.807, 2.05) is 18.2 Å². The summed E-state index contributed by atoms with van der Waals surface area (Å²) in [4.78, 5) is 13.7. The van der Waals surface area contributed by atoms with Crippen molar-refractivity contribution in [2.45, 2.75) is 0 Å². The Bertz CT molecular complexity index is 508. The smallest absolute Gasteiger partial charge is 0.363 e. The lowest BCUT2D eigenvalue weighted by molar-refractivity contribution is 0.211. The standard InChI is InChI=1S/C10H11N5O2/c1-14(2)10(16)15-12-9(11-13-15)17-8-6-4-3-5-7-8/h3-7H,1-2H3. The molecule has 0 saturated carbocycles. The Morgan fingerprint density at radius 3 is 2.65 bits per heavy atom. The van der Waals surface area contributed by atoms with Gasteiger partial charge in [0, 0.05) is 14.1 Å². The summed E-state index contributed by atoms with van der Waals surface area (Å²) in [6.45, 7) is 0. The van der Waals surface area contributed by atoms with Gasteiger partial charge in [-0.3, -0.25) is 0 Å². The van der Waals surface area contributed by atoms with Crippen molar-refractivity contribution in [3.8, 4) is 11.8 Å². The zero-order chi connectivity index (χ0) is 12.3. The number of nitrogens with zero attached hydrogens (tertiary/aromatic N) is 5. The molecule has 1 aromatic heterocycles. The SMILES string of the molecule is CN(C)C(=O)n1nnc(Oc2ccccc2)n1. The van der Waals surface area contributed by atoms with E-state index >= 15 is 0 Å². The normalized spacial score (nSPS) is 10.0. The number of tetrazole rings is 1. The Balaban J connectivity index is 2.12. The van der Waals surface area contributed by atoms with E-state index in [9.17, 15) is 4.79 Å². The molecule has 1 aromatic carbocycles. The summed E-state index contributed by atoms with van der Waals surface area (Å²) in [5.41, 5.74) is 0. The van der Waals surface area contributed by atoms with E-state index in [2.05, 4.69) is 15.4 Å². The number of hydrogen-bond acceptors (Lipinski definition) is 5. The lowest BCUT2D eigenvalue weighted by Gasteiger charge is -2.06. The number of carbonyl (C=O) groups is 1. The highest BCUT2D eigenvalue weighted by Gasteiger charge is 2.12. The highest BCUT2D eigenvalue weighted by molar-refractivity contribution is 5.74. The summed E-state index contributed by atoms with van der Waals surface area (Å²) in [5, 5.41) is 11.0. The zero-order valence-corrected chi connectivity index (χ0v) is 9.44. The predicted molar refractivity (Wildman–Crippen MR) is 58.8 cm³/mol. The Morgan fingerprint density at radius 2 is 2.00 bits per heavy atom. The van der Waals surface area contributed by atoms with Crippen LogP contribution in [0.15, 0.2) is 30.3 Å². The van der Waals surface area contributed by atoms with Crippen LogP contribution < -0.4 is 4.74 Å². The molecule has 2 aromatic rings. The minimum Gasteiger partial charge on any atom is -0.422 e. The molecule has 1 amide bonds. The van der Waals surface area contributed by atoms with Crippen LogP contribution in [0.5, 0.6) is 11.8 Å². The molecule has 0 N–H and O–H groups in total. The quantitative estimate of drug-likeness (QED) is 0.773. The molecule has 1 heterocycles. The van der Waals surface area contributed by atoms with Crippen LogP contribution in [0.3, 0.4) is 0 Å². The summed E-state index contributed by atoms with van der Waals surface area (Å²) in [6.07, 6.45) is 0. The maximum Gasteiger partial charge on any atom is 0.363 e. The van der Waals surface area contributed by atoms with Gasteiger partial charge in [0.25, 0.3) is 0 Å². The Hall–Kier alpha value is -2.44. The molecule has 0 saturated heterocycles. The van der Waals surface area contributed by atoms with E-state index in [1.165, 1.54) is 4.90 Å². The summed E-state index contributed by atoms with van der Waals surface area (Å²) in [5.74, 6) is 0.587. The minimum atomic E-state index is -0.389. The van der Waals surface area contributed by atoms with E-state index in [1.54, 1.807) is 26.2 Å². The molecule has 0 aliphatic rings. The zero-order valence-electron chi connectivity index (χ0n) is 9.44. The summed E-state index contributed by atoms with van der Waals surface area (Å²) in [6, 6.07) is 8.68. The molecule has 7 nitrogen and oxygen atoms in total. The number of aromatic nitrogens is 4. The highest BCUT2D eigenvalue weighted by atomic mass is 16.5. The van der Waals surface area contributed by atoms with Crippen molar-refractivity contribution >= 4 is 6.03 Å². The molecule has 2 rings (SSSR count). The second-order valence-electron chi connectivity index (χ2n) is 3.45. The van der Waals surface area contributed by atoms with Crippen molar-refractivity contribution in [3.63, 3.8) is 0 Å². The lowest BCUT2D eigenvalue weighted by atomic mass is 10.3. The number of hydrogen-bond donors (Lipinski definition) is 0. The molecule has 0 atom stereocenters. The number of carbonyl (C=O) groups excluding carboxylic acids is 1. The van der Waals surface area contributed by atoms with E-state index in [4.69, 9.17) is 4.74 Å². The van der Waals surface area contributed by atoms with Crippen LogP contribution in [0.2, 0.25) is 0 Å². The van der Waals surface area contributed by atoms with Crippen molar-refractivity contribution < 1.29 is 9.53 Å². The molecule has 0 fully saturated rings. The molecule has 17 heavy (non-hydrogen) atoms. The first-order valence-electron chi connectivity index (χ1n) is 4.91. The largest absolute Gasteiger partial charge is 0.422 e. The van der Waals surface area contributed by atoms with Gasteiger partial charge in [0.2, 0.25) is 0 Å². The van der Waals surface area contributed by atoms with Crippen molar-refractivity contribution in [3.05, 3.63) is 30.3 Å². The molecular weight excluding hydrogens is 222 g/mol. The van der Waals surface area contributed by atoms with Crippen LogP contribution in [0.4, 0.5) is 4.79 Å². The number of benzene rings is 1. The fourth-order valence-electron chi connectivity index (χ4n) is 1.10. The van der Waals surface area contributed by atoms with Crippen LogP contribution in [0.1, 0.15) is 0 Å². The fourth-order valence-corrected chi connectivity index (χ4v) is 1.10. The highest BCUT2D eigenvalue weighted by Crippen LogP contribution is 2.15. The molecule has 0 radical (unpaired) electrons. The minimum absolute atomic E-state index is 0.0337. The molecule has 0 aliphatic heterocycles. The van der Waals surface area contributed by atoms with Gasteiger partial charge in [0.05, 0.1) is 0 Å². The van der Waals surface area contributed by atoms with Gasteiger partial charge in [0.15, 0.2) is 0 Å². The van der Waals surface area contributed by atoms with Crippen molar-refractivity contribution in [1.29, 1.82) is 0 Å². The van der Waals surface area contributed by atoms with E-state index in [-0.39, 0.29) is 12.0 Å². The van der Waals surface area contributed by atoms with Crippen LogP contribution in [0.25, 0.3) is 0 Å². The maximum absolute atomic E-state index is 11.5. The average Bonchev–Trinajstić information content (AvgIpc) is 2.77. The number of ether oxygens (including phenoxy) is 1. The topological polar surface area (TPSA) is 73.1 Å². The van der Waals surface area contributed by atoms with Crippen molar-refractivity contribution in [1.82, 2.24) is 25.1 Å². The number of amides is 1. The molecule has 88 valence electrons. The Morgan fingerprint density at radius 1 is 1.29 bits per heavy atom. The van der Waals surface area contributed by atoms with E-state index < -0.39 is 0 Å². The van der Waals surface area contributed by atoms with E-state index in [0.29, 0.717) is 5.75 Å². The second kappa shape index (κ2) is 4.60. The van der Waals surface area contributed by atoms with Crippen molar-refractivity contribution in [2.75, 3.05) is 14.1 Å². The Labute approximate surface area is 97.6 Å². The second-order valence-corrected chi connectivity index (χ2v) is 3.45. The third-order valence-corrected chi connectivity index (χ3v) is 1.90. The third kappa shape index (κ3) is 2.57. The van der Waals surface area contributed by atoms with Gasteiger partial charge in [-0.15, -0.1) is 0 Å². The molecule has 0 aliphatic carbocycles. The summed E-state index contributed by atoms with van der Waals surface area (Å²) >= 11 is 0. The van der Waals surface area contributed by atoms with Gasteiger partial charge in [-0.2, -0.15) is 0 Å². The summed E-state index contributed by atoms with van der Waals surface area (Å²) < 4.78 is 5.31. The van der Waals surface area contributed by atoms with Crippen LogP contribution >= 0.6 is 0 Å². The molecule has 0 spiro atoms. The van der Waals surface area contributed by atoms with E-state index in [0.717, 1.165) is 4.80 Å². The molecule has 7 heteroatoms. The first kappa shape index (κ1) is 11.1. The van der Waals surface area contributed by atoms with Gasteiger partial charge in [-0.25, -0.2) is 4.79 Å². The van der Waals surface area contributed by atoms with Gasteiger partial charge >= 0.3 is 12.0 Å².